The van der Waals surface area contributed by atoms with Crippen molar-refractivity contribution in [2.75, 3.05) is 13.2 Å². The highest BCUT2D eigenvalue weighted by molar-refractivity contribution is 6.90. The van der Waals surface area contributed by atoms with Gasteiger partial charge in [0.05, 0.1) is 8.07 Å². The van der Waals surface area contributed by atoms with Gasteiger partial charge >= 0.3 is 5.97 Å². The first-order valence-electron chi connectivity index (χ1n) is 16.2. The van der Waals surface area contributed by atoms with E-state index in [1.165, 1.54) is 10.8 Å². The molecule has 0 radical (unpaired) electrons. The van der Waals surface area contributed by atoms with Crippen LogP contribution in [0.2, 0.25) is 19.1 Å². The minimum Gasteiger partial charge on any atom is -0.457 e. The fourth-order valence-corrected chi connectivity index (χ4v) is 9.44. The summed E-state index contributed by atoms with van der Waals surface area (Å²) in [5, 5.41) is 20.2. The van der Waals surface area contributed by atoms with Crippen molar-refractivity contribution in [1.29, 1.82) is 0 Å². The fourth-order valence-electron chi connectivity index (χ4n) is 6.54. The minimum absolute atomic E-state index is 0.0104. The molecule has 43 heavy (non-hydrogen) atoms. The van der Waals surface area contributed by atoms with Gasteiger partial charge < -0.3 is 14.9 Å². The van der Waals surface area contributed by atoms with Crippen LogP contribution in [-0.2, 0) is 22.6 Å². The molecule has 0 saturated heterocycles. The summed E-state index contributed by atoms with van der Waals surface area (Å²) < 4.78 is 35.6. The van der Waals surface area contributed by atoms with E-state index in [1.807, 2.05) is 6.07 Å². The molecule has 1 fully saturated rings. The summed E-state index contributed by atoms with van der Waals surface area (Å²) in [6, 6.07) is 11.2. The SMILES string of the molecule is C=C(C)C(=O)OCc1cc(C2CCC(c3ccc(CCCCC)c(F)c3F)CC2)ccc1[Si](C)(C)CCCC(CO)CO. The van der Waals surface area contributed by atoms with Crippen molar-refractivity contribution < 1.29 is 28.5 Å². The van der Waals surface area contributed by atoms with Crippen LogP contribution >= 0.6 is 0 Å². The highest BCUT2D eigenvalue weighted by Gasteiger charge is 2.30. The second-order valence-electron chi connectivity index (χ2n) is 13.2. The van der Waals surface area contributed by atoms with Gasteiger partial charge in [-0.05, 0) is 86.0 Å². The lowest BCUT2D eigenvalue weighted by Gasteiger charge is -2.31. The zero-order valence-corrected chi connectivity index (χ0v) is 27.7. The summed E-state index contributed by atoms with van der Waals surface area (Å²) >= 11 is 0. The van der Waals surface area contributed by atoms with Gasteiger partial charge in [-0.1, -0.05) is 87.4 Å². The molecule has 2 N–H and O–H groups in total. The van der Waals surface area contributed by atoms with Crippen molar-refractivity contribution in [2.45, 2.75) is 116 Å². The van der Waals surface area contributed by atoms with Crippen LogP contribution in [0.5, 0.6) is 0 Å². The summed E-state index contributed by atoms with van der Waals surface area (Å²) in [5.74, 6) is -1.52. The molecule has 2 aromatic rings. The third kappa shape index (κ3) is 9.56. The average molecular weight is 615 g/mol. The van der Waals surface area contributed by atoms with Gasteiger partial charge in [0.15, 0.2) is 11.6 Å². The molecule has 4 nitrogen and oxygen atoms in total. The number of ether oxygens (including phenoxy) is 1. The Morgan fingerprint density at radius 1 is 0.977 bits per heavy atom. The molecule has 7 heteroatoms. The lowest BCUT2D eigenvalue weighted by molar-refractivity contribution is -0.140. The van der Waals surface area contributed by atoms with Crippen LogP contribution in [0.25, 0.3) is 0 Å². The molecule has 0 amide bonds. The summed E-state index contributed by atoms with van der Waals surface area (Å²) in [4.78, 5) is 12.3. The molecule has 0 aliphatic heterocycles. The number of benzene rings is 2. The number of aliphatic hydroxyl groups excluding tert-OH is 2. The number of unbranched alkanes of at least 4 members (excludes halogenated alkanes) is 2. The van der Waals surface area contributed by atoms with E-state index in [2.05, 4.69) is 44.8 Å². The highest BCUT2D eigenvalue weighted by Crippen LogP contribution is 2.42. The van der Waals surface area contributed by atoms with E-state index in [4.69, 9.17) is 4.74 Å². The molecular weight excluding hydrogens is 562 g/mol. The number of halogens is 2. The first-order chi connectivity index (χ1) is 20.5. The van der Waals surface area contributed by atoms with Gasteiger partial charge in [-0.25, -0.2) is 13.6 Å². The first kappa shape index (κ1) is 35.1. The summed E-state index contributed by atoms with van der Waals surface area (Å²) in [7, 11) is -1.92. The van der Waals surface area contributed by atoms with Crippen molar-refractivity contribution in [1.82, 2.24) is 0 Å². The van der Waals surface area contributed by atoms with E-state index in [-0.39, 0.29) is 31.7 Å². The predicted molar refractivity (Wildman–Crippen MR) is 173 cm³/mol. The maximum Gasteiger partial charge on any atom is 0.333 e. The Morgan fingerprint density at radius 2 is 1.65 bits per heavy atom. The smallest absolute Gasteiger partial charge is 0.333 e. The Kier molecular flexibility index (Phi) is 13.6. The van der Waals surface area contributed by atoms with Crippen LogP contribution in [-0.4, -0.2) is 37.5 Å². The number of aliphatic hydroxyl groups is 2. The maximum atomic E-state index is 15.1. The van der Waals surface area contributed by atoms with Crippen molar-refractivity contribution >= 4 is 19.2 Å². The van der Waals surface area contributed by atoms with Crippen molar-refractivity contribution in [3.8, 4) is 0 Å². The number of carbonyl (C=O) groups is 1. The standard InChI is InChI=1S/C36H52F2O4Si/c1-6-7-8-11-29-16-18-32(35(38)34(29)37)28-14-12-27(13-15-28)30-17-19-33(31(21-30)24-42-36(41)25(2)3)43(4,5)20-9-10-26(22-39)23-40/h16-19,21,26-28,39-40H,2,6-15,20,22-24H2,1,3-5H3. The molecule has 0 atom stereocenters. The van der Waals surface area contributed by atoms with Gasteiger partial charge in [0.2, 0.25) is 0 Å². The quantitative estimate of drug-likeness (QED) is 0.0869. The molecule has 1 saturated carbocycles. The third-order valence-corrected chi connectivity index (χ3v) is 12.9. The van der Waals surface area contributed by atoms with E-state index < -0.39 is 25.7 Å². The van der Waals surface area contributed by atoms with Crippen molar-refractivity contribution in [3.05, 3.63) is 76.4 Å². The summed E-state index contributed by atoms with van der Waals surface area (Å²) in [6.07, 6.45) is 8.58. The molecular formula is C36H52F2O4Si. The monoisotopic (exact) mass is 614 g/mol. The predicted octanol–water partition coefficient (Wildman–Crippen LogP) is 8.05. The Morgan fingerprint density at radius 3 is 2.28 bits per heavy atom. The van der Waals surface area contributed by atoms with Crippen LogP contribution in [0.15, 0.2) is 42.5 Å². The molecule has 3 rings (SSSR count). The van der Waals surface area contributed by atoms with Gasteiger partial charge in [0.1, 0.15) is 6.61 Å². The van der Waals surface area contributed by atoms with Gasteiger partial charge in [0, 0.05) is 24.7 Å². The second kappa shape index (κ2) is 16.6. The Labute approximate surface area is 258 Å². The van der Waals surface area contributed by atoms with E-state index in [0.29, 0.717) is 29.0 Å². The van der Waals surface area contributed by atoms with Gasteiger partial charge in [-0.3, -0.25) is 0 Å². The van der Waals surface area contributed by atoms with Crippen LogP contribution in [0.4, 0.5) is 8.78 Å². The first-order valence-corrected chi connectivity index (χ1v) is 19.4. The Balaban J connectivity index is 1.75. The zero-order valence-electron chi connectivity index (χ0n) is 26.7. The van der Waals surface area contributed by atoms with Gasteiger partial charge in [-0.15, -0.1) is 0 Å². The minimum atomic E-state index is -1.92. The molecule has 0 aromatic heterocycles. The van der Waals surface area contributed by atoms with Gasteiger partial charge in [0.25, 0.3) is 0 Å². The number of hydrogen-bond acceptors (Lipinski definition) is 4. The molecule has 1 aliphatic carbocycles. The van der Waals surface area contributed by atoms with E-state index in [1.54, 1.807) is 13.0 Å². The molecule has 1 aliphatic rings. The van der Waals surface area contributed by atoms with E-state index >= 15 is 4.39 Å². The van der Waals surface area contributed by atoms with Gasteiger partial charge in [-0.2, -0.15) is 0 Å². The number of hydrogen-bond donors (Lipinski definition) is 2. The highest BCUT2D eigenvalue weighted by atomic mass is 28.3. The topological polar surface area (TPSA) is 66.8 Å². The summed E-state index contributed by atoms with van der Waals surface area (Å²) in [5.41, 5.74) is 3.58. The Bertz CT molecular complexity index is 1220. The number of esters is 1. The van der Waals surface area contributed by atoms with Crippen LogP contribution in [0.1, 0.15) is 106 Å². The largest absolute Gasteiger partial charge is 0.457 e. The molecule has 0 spiro atoms. The lowest BCUT2D eigenvalue weighted by atomic mass is 9.75. The zero-order chi connectivity index (χ0) is 31.6. The third-order valence-electron chi connectivity index (χ3n) is 9.38. The summed E-state index contributed by atoms with van der Waals surface area (Å²) in [6.45, 7) is 12.2. The number of rotatable bonds is 16. The molecule has 0 heterocycles. The lowest BCUT2D eigenvalue weighted by Crippen LogP contribution is -2.43. The molecule has 0 unspecified atom stereocenters. The van der Waals surface area contributed by atoms with E-state index in [9.17, 15) is 19.4 Å². The van der Waals surface area contributed by atoms with Crippen LogP contribution in [0.3, 0.4) is 0 Å². The van der Waals surface area contributed by atoms with Crippen molar-refractivity contribution in [2.24, 2.45) is 5.92 Å². The molecule has 2 aromatic carbocycles. The fraction of sp³-hybridized carbons (Fsp3) is 0.583. The molecule has 0 bridgehead atoms. The number of aryl methyl sites for hydroxylation is 1. The maximum absolute atomic E-state index is 15.1. The van der Waals surface area contributed by atoms with E-state index in [0.717, 1.165) is 69.4 Å². The average Bonchev–Trinajstić information content (AvgIpc) is 3.00. The van der Waals surface area contributed by atoms with Crippen LogP contribution in [0, 0.1) is 17.6 Å². The second-order valence-corrected chi connectivity index (χ2v) is 18.0. The molecule has 238 valence electrons. The normalized spacial score (nSPS) is 17.3. The number of carbonyl (C=O) groups excluding carboxylic acids is 1. The van der Waals surface area contributed by atoms with Crippen LogP contribution < -0.4 is 5.19 Å². The van der Waals surface area contributed by atoms with Crippen molar-refractivity contribution in [3.63, 3.8) is 0 Å². The Hall–Kier alpha value is -2.35.